The molecule has 1 saturated heterocycles. The Hall–Kier alpha value is -3.96. The van der Waals surface area contributed by atoms with Gasteiger partial charge in [-0.05, 0) is 63.5 Å². The molecule has 1 heterocycles. The van der Waals surface area contributed by atoms with Gasteiger partial charge >= 0.3 is 6.03 Å². The first kappa shape index (κ1) is 22.2. The van der Waals surface area contributed by atoms with Crippen LogP contribution in [-0.4, -0.2) is 16.8 Å². The average molecular weight is 506 g/mol. The molecule has 33 heavy (non-hydrogen) atoms. The third-order valence-corrected chi connectivity index (χ3v) is 5.62. The number of halogens is 2. The highest BCUT2D eigenvalue weighted by Crippen LogP contribution is 2.28. The summed E-state index contributed by atoms with van der Waals surface area (Å²) in [6.07, 6.45) is 1.57. The third-order valence-electron chi connectivity index (χ3n) is 5.00. The van der Waals surface area contributed by atoms with Crippen LogP contribution in [0.2, 0.25) is 0 Å². The molecular formula is C25H17BrFN3O3. The number of nitriles is 1. The van der Waals surface area contributed by atoms with Crippen LogP contribution in [0.1, 0.15) is 22.3 Å². The maximum atomic E-state index is 13.1. The first-order valence-corrected chi connectivity index (χ1v) is 10.7. The number of rotatable bonds is 6. The molecule has 0 unspecified atom stereocenters. The molecular weight excluding hydrogens is 489 g/mol. The second-order valence-electron chi connectivity index (χ2n) is 7.25. The highest BCUT2D eigenvalue weighted by Gasteiger charge is 2.33. The Balaban J connectivity index is 1.46. The van der Waals surface area contributed by atoms with Crippen LogP contribution in [0.25, 0.3) is 6.08 Å². The van der Waals surface area contributed by atoms with Crippen molar-refractivity contribution in [1.82, 2.24) is 10.2 Å². The van der Waals surface area contributed by atoms with Gasteiger partial charge in [0.05, 0.1) is 22.7 Å². The number of nitrogens with zero attached hydrogens (tertiary/aromatic N) is 2. The minimum atomic E-state index is -0.536. The van der Waals surface area contributed by atoms with Gasteiger partial charge in [-0.1, -0.05) is 36.4 Å². The van der Waals surface area contributed by atoms with Crippen molar-refractivity contribution in [2.24, 2.45) is 0 Å². The molecule has 0 radical (unpaired) electrons. The van der Waals surface area contributed by atoms with E-state index in [0.717, 1.165) is 10.5 Å². The molecule has 0 aliphatic carbocycles. The predicted octanol–water partition coefficient (Wildman–Crippen LogP) is 5.13. The van der Waals surface area contributed by atoms with Crippen molar-refractivity contribution in [3.63, 3.8) is 0 Å². The first-order valence-electron chi connectivity index (χ1n) is 9.94. The minimum absolute atomic E-state index is 0.0446. The molecule has 0 bridgehead atoms. The standard InChI is InChI=1S/C25H17BrFN3O3/c26-21-11-17(7-10-23(21)33-15-19-4-2-1-3-18(19)13-28)12-22-24(31)30(25(32)29-22)14-16-5-8-20(27)9-6-16/h1-12H,14-15H2,(H,29,32). The molecule has 1 fully saturated rings. The van der Waals surface area contributed by atoms with Gasteiger partial charge in [-0.15, -0.1) is 0 Å². The van der Waals surface area contributed by atoms with E-state index in [9.17, 15) is 19.2 Å². The molecule has 8 heteroatoms. The monoisotopic (exact) mass is 505 g/mol. The number of amides is 3. The van der Waals surface area contributed by atoms with Gasteiger partial charge in [-0.3, -0.25) is 9.69 Å². The lowest BCUT2D eigenvalue weighted by atomic mass is 10.1. The van der Waals surface area contributed by atoms with Gasteiger partial charge in [0.25, 0.3) is 5.91 Å². The van der Waals surface area contributed by atoms with Gasteiger partial charge in [0.15, 0.2) is 0 Å². The molecule has 4 rings (SSSR count). The van der Waals surface area contributed by atoms with Crippen LogP contribution in [0.4, 0.5) is 9.18 Å². The highest BCUT2D eigenvalue weighted by molar-refractivity contribution is 9.10. The summed E-state index contributed by atoms with van der Waals surface area (Å²) in [5.41, 5.74) is 2.79. The maximum Gasteiger partial charge on any atom is 0.329 e. The molecule has 3 aromatic carbocycles. The molecule has 1 aliphatic heterocycles. The lowest BCUT2D eigenvalue weighted by molar-refractivity contribution is -0.123. The molecule has 1 aliphatic rings. The largest absolute Gasteiger partial charge is 0.488 e. The van der Waals surface area contributed by atoms with Gasteiger partial charge in [-0.25, -0.2) is 9.18 Å². The summed E-state index contributed by atoms with van der Waals surface area (Å²) >= 11 is 3.46. The zero-order valence-electron chi connectivity index (χ0n) is 17.2. The van der Waals surface area contributed by atoms with Crippen LogP contribution < -0.4 is 10.1 Å². The Labute approximate surface area is 198 Å². The minimum Gasteiger partial charge on any atom is -0.488 e. The van der Waals surface area contributed by atoms with Crippen LogP contribution in [0.15, 0.2) is 76.9 Å². The molecule has 0 spiro atoms. The SMILES string of the molecule is N#Cc1ccccc1COc1ccc(C=C2NC(=O)N(Cc3ccc(F)cc3)C2=O)cc1Br. The van der Waals surface area contributed by atoms with Gasteiger partial charge in [-0.2, -0.15) is 5.26 Å². The summed E-state index contributed by atoms with van der Waals surface area (Å²) < 4.78 is 19.6. The maximum absolute atomic E-state index is 13.1. The molecule has 3 amide bonds. The summed E-state index contributed by atoms with van der Waals surface area (Å²) in [5, 5.41) is 11.8. The van der Waals surface area contributed by atoms with E-state index in [-0.39, 0.29) is 24.7 Å². The van der Waals surface area contributed by atoms with Gasteiger partial charge < -0.3 is 10.1 Å². The number of hydrogen-bond donors (Lipinski definition) is 1. The smallest absolute Gasteiger partial charge is 0.329 e. The molecule has 0 saturated carbocycles. The third kappa shape index (κ3) is 5.10. The Morgan fingerprint density at radius 3 is 2.58 bits per heavy atom. The Morgan fingerprint density at radius 1 is 1.09 bits per heavy atom. The number of nitrogens with one attached hydrogen (secondary N) is 1. The first-order chi connectivity index (χ1) is 15.9. The Kier molecular flexibility index (Phi) is 6.52. The van der Waals surface area contributed by atoms with Crippen LogP contribution in [0.3, 0.4) is 0 Å². The van der Waals surface area contributed by atoms with Crippen LogP contribution >= 0.6 is 15.9 Å². The van der Waals surface area contributed by atoms with E-state index in [1.54, 1.807) is 36.4 Å². The predicted molar refractivity (Wildman–Crippen MR) is 123 cm³/mol. The molecule has 3 aromatic rings. The zero-order chi connectivity index (χ0) is 23.4. The van der Waals surface area contributed by atoms with E-state index in [0.29, 0.717) is 26.9 Å². The van der Waals surface area contributed by atoms with Gasteiger partial charge in [0.1, 0.15) is 23.9 Å². The summed E-state index contributed by atoms with van der Waals surface area (Å²) in [7, 11) is 0. The van der Waals surface area contributed by atoms with Gasteiger partial charge in [0, 0.05) is 5.56 Å². The topological polar surface area (TPSA) is 82.4 Å². The Morgan fingerprint density at radius 2 is 1.85 bits per heavy atom. The molecule has 6 nitrogen and oxygen atoms in total. The number of urea groups is 1. The highest BCUT2D eigenvalue weighted by atomic mass is 79.9. The van der Waals surface area contributed by atoms with Crippen LogP contribution in [0.5, 0.6) is 5.75 Å². The molecule has 0 aromatic heterocycles. The summed E-state index contributed by atoms with van der Waals surface area (Å²) in [6.45, 7) is 0.276. The zero-order valence-corrected chi connectivity index (χ0v) is 18.8. The van der Waals surface area contributed by atoms with E-state index in [4.69, 9.17) is 4.74 Å². The molecule has 1 N–H and O–H groups in total. The fraction of sp³-hybridized carbons (Fsp3) is 0.0800. The van der Waals surface area contributed by atoms with Crippen LogP contribution in [0, 0.1) is 17.1 Å². The quantitative estimate of drug-likeness (QED) is 0.371. The second-order valence-corrected chi connectivity index (χ2v) is 8.11. The lowest BCUT2D eigenvalue weighted by Crippen LogP contribution is -2.30. The van der Waals surface area contributed by atoms with Crippen molar-refractivity contribution in [3.05, 3.63) is 105 Å². The van der Waals surface area contributed by atoms with Crippen molar-refractivity contribution >= 4 is 33.9 Å². The van der Waals surface area contributed by atoms with E-state index < -0.39 is 11.9 Å². The summed E-state index contributed by atoms with van der Waals surface area (Å²) in [4.78, 5) is 26.0. The molecule has 0 atom stereocenters. The van der Waals surface area contributed by atoms with Crippen molar-refractivity contribution in [1.29, 1.82) is 5.26 Å². The summed E-state index contributed by atoms with van der Waals surface area (Å²) in [6, 6.07) is 19.7. The Bertz CT molecular complexity index is 1300. The van der Waals surface area contributed by atoms with E-state index in [2.05, 4.69) is 27.3 Å². The van der Waals surface area contributed by atoms with Crippen molar-refractivity contribution < 1.29 is 18.7 Å². The van der Waals surface area contributed by atoms with Crippen molar-refractivity contribution in [2.45, 2.75) is 13.2 Å². The molecule has 164 valence electrons. The van der Waals surface area contributed by atoms with E-state index in [1.807, 2.05) is 12.1 Å². The number of carbonyl (C=O) groups is 2. The number of ether oxygens (including phenoxy) is 1. The summed E-state index contributed by atoms with van der Waals surface area (Å²) in [5.74, 6) is -0.276. The number of imide groups is 1. The fourth-order valence-corrected chi connectivity index (χ4v) is 3.80. The van der Waals surface area contributed by atoms with Gasteiger partial charge in [0.2, 0.25) is 0 Å². The fourth-order valence-electron chi connectivity index (χ4n) is 3.29. The van der Waals surface area contributed by atoms with E-state index in [1.165, 1.54) is 24.3 Å². The lowest BCUT2D eigenvalue weighted by Gasteiger charge is -2.11. The van der Waals surface area contributed by atoms with Crippen molar-refractivity contribution in [3.8, 4) is 11.8 Å². The number of hydrogen-bond acceptors (Lipinski definition) is 4. The average Bonchev–Trinajstić information content (AvgIpc) is 3.07. The van der Waals surface area contributed by atoms with Crippen LogP contribution in [-0.2, 0) is 17.9 Å². The number of benzene rings is 3. The number of carbonyl (C=O) groups excluding carboxylic acids is 2. The van der Waals surface area contributed by atoms with Crippen molar-refractivity contribution in [2.75, 3.05) is 0 Å². The second kappa shape index (κ2) is 9.67. The van der Waals surface area contributed by atoms with E-state index >= 15 is 0 Å². The normalized spacial score (nSPS) is 14.3.